The van der Waals surface area contributed by atoms with Gasteiger partial charge in [-0.15, -0.1) is 12.6 Å². The molecule has 0 aliphatic carbocycles. The molecule has 1 aliphatic heterocycles. The van der Waals surface area contributed by atoms with Gasteiger partial charge in [-0.05, 0) is 37.5 Å². The van der Waals surface area contributed by atoms with Crippen LogP contribution in [0.15, 0.2) is 29.2 Å². The molecule has 1 fully saturated rings. The van der Waals surface area contributed by atoms with Crippen LogP contribution in [-0.4, -0.2) is 24.7 Å². The summed E-state index contributed by atoms with van der Waals surface area (Å²) in [4.78, 5) is 12.7. The zero-order valence-corrected chi connectivity index (χ0v) is 11.5. The van der Waals surface area contributed by atoms with Gasteiger partial charge in [0, 0.05) is 18.0 Å². The highest BCUT2D eigenvalue weighted by molar-refractivity contribution is 7.80. The zero-order valence-electron chi connectivity index (χ0n) is 10.6. The summed E-state index contributed by atoms with van der Waals surface area (Å²) in [5.74, 6) is 0.0404. The van der Waals surface area contributed by atoms with Crippen molar-refractivity contribution in [3.63, 3.8) is 0 Å². The van der Waals surface area contributed by atoms with E-state index < -0.39 is 0 Å². The highest BCUT2D eigenvalue weighted by Crippen LogP contribution is 2.23. The van der Waals surface area contributed by atoms with E-state index in [1.165, 1.54) is 0 Å². The SMILES string of the molecule is CC1(CNC(=O)Cc2ccc(S)cc2)CCCO1. The smallest absolute Gasteiger partial charge is 0.224 e. The van der Waals surface area contributed by atoms with E-state index in [2.05, 4.69) is 24.9 Å². The normalized spacial score (nSPS) is 23.0. The van der Waals surface area contributed by atoms with Crippen LogP contribution >= 0.6 is 12.6 Å². The Morgan fingerprint density at radius 3 is 2.78 bits per heavy atom. The fourth-order valence-electron chi connectivity index (χ4n) is 2.12. The van der Waals surface area contributed by atoms with E-state index in [1.54, 1.807) is 0 Å². The average Bonchev–Trinajstić information content (AvgIpc) is 2.78. The van der Waals surface area contributed by atoms with Gasteiger partial charge in [0.25, 0.3) is 0 Å². The maximum absolute atomic E-state index is 11.8. The Balaban J connectivity index is 1.80. The lowest BCUT2D eigenvalue weighted by atomic mass is 10.0. The minimum absolute atomic E-state index is 0.0404. The van der Waals surface area contributed by atoms with Crippen LogP contribution in [-0.2, 0) is 16.0 Å². The molecule has 0 saturated carbocycles. The summed E-state index contributed by atoms with van der Waals surface area (Å²) in [6, 6.07) is 7.64. The molecule has 1 saturated heterocycles. The third-order valence-corrected chi connectivity index (χ3v) is 3.56. The molecule has 1 unspecified atom stereocenters. The predicted octanol–water partition coefficient (Wildman–Crippen LogP) is 2.20. The Hall–Kier alpha value is -1.00. The number of carbonyl (C=O) groups excluding carboxylic acids is 1. The van der Waals surface area contributed by atoms with Gasteiger partial charge >= 0.3 is 0 Å². The first-order valence-electron chi connectivity index (χ1n) is 6.26. The predicted molar refractivity (Wildman–Crippen MR) is 74.0 cm³/mol. The molecule has 0 aromatic heterocycles. The second-order valence-electron chi connectivity index (χ2n) is 5.02. The third kappa shape index (κ3) is 3.75. The number of nitrogens with one attached hydrogen (secondary N) is 1. The Morgan fingerprint density at radius 1 is 1.44 bits per heavy atom. The highest BCUT2D eigenvalue weighted by atomic mass is 32.1. The Morgan fingerprint density at radius 2 is 2.17 bits per heavy atom. The van der Waals surface area contributed by atoms with Crippen LogP contribution in [0.2, 0.25) is 0 Å². The summed E-state index contributed by atoms with van der Waals surface area (Å²) in [5.41, 5.74) is 0.827. The molecular formula is C14H19NO2S. The van der Waals surface area contributed by atoms with E-state index in [-0.39, 0.29) is 11.5 Å². The molecule has 1 atom stereocenters. The molecule has 1 N–H and O–H groups in total. The molecule has 1 heterocycles. The van der Waals surface area contributed by atoms with Crippen molar-refractivity contribution in [1.29, 1.82) is 0 Å². The molecule has 4 heteroatoms. The van der Waals surface area contributed by atoms with Crippen molar-refractivity contribution in [3.8, 4) is 0 Å². The van der Waals surface area contributed by atoms with Crippen LogP contribution < -0.4 is 5.32 Å². The Labute approximate surface area is 113 Å². The van der Waals surface area contributed by atoms with Crippen molar-refractivity contribution < 1.29 is 9.53 Å². The summed E-state index contributed by atoms with van der Waals surface area (Å²) in [5, 5.41) is 2.95. The number of hydrogen-bond acceptors (Lipinski definition) is 3. The molecule has 1 amide bonds. The van der Waals surface area contributed by atoms with Gasteiger partial charge in [-0.2, -0.15) is 0 Å². The lowest BCUT2D eigenvalue weighted by Gasteiger charge is -2.23. The van der Waals surface area contributed by atoms with Gasteiger partial charge in [-0.25, -0.2) is 0 Å². The zero-order chi connectivity index (χ0) is 13.0. The summed E-state index contributed by atoms with van der Waals surface area (Å²) in [6.07, 6.45) is 2.50. The number of benzene rings is 1. The van der Waals surface area contributed by atoms with Crippen LogP contribution in [0.5, 0.6) is 0 Å². The van der Waals surface area contributed by atoms with Crippen molar-refractivity contribution in [1.82, 2.24) is 5.32 Å². The van der Waals surface area contributed by atoms with Gasteiger partial charge in [0.2, 0.25) is 5.91 Å². The molecular weight excluding hydrogens is 246 g/mol. The Kier molecular flexibility index (Phi) is 4.30. The van der Waals surface area contributed by atoms with Crippen LogP contribution in [0.1, 0.15) is 25.3 Å². The molecule has 0 spiro atoms. The van der Waals surface area contributed by atoms with Crippen LogP contribution in [0.25, 0.3) is 0 Å². The molecule has 2 rings (SSSR count). The number of carbonyl (C=O) groups is 1. The van der Waals surface area contributed by atoms with Crippen molar-refractivity contribution in [2.24, 2.45) is 0 Å². The first-order chi connectivity index (χ1) is 8.57. The minimum atomic E-state index is -0.176. The first-order valence-corrected chi connectivity index (χ1v) is 6.71. The summed E-state index contributed by atoms with van der Waals surface area (Å²) in [6.45, 7) is 3.45. The highest BCUT2D eigenvalue weighted by Gasteiger charge is 2.29. The van der Waals surface area contributed by atoms with Crippen LogP contribution in [0, 0.1) is 0 Å². The maximum atomic E-state index is 11.8. The lowest BCUT2D eigenvalue weighted by molar-refractivity contribution is -0.121. The van der Waals surface area contributed by atoms with Gasteiger partial charge in [0.1, 0.15) is 0 Å². The molecule has 1 aliphatic rings. The maximum Gasteiger partial charge on any atom is 0.224 e. The molecule has 1 aromatic rings. The summed E-state index contributed by atoms with van der Waals surface area (Å²) < 4.78 is 5.63. The molecule has 0 bridgehead atoms. The second kappa shape index (κ2) is 5.76. The van der Waals surface area contributed by atoms with Gasteiger partial charge < -0.3 is 10.1 Å². The largest absolute Gasteiger partial charge is 0.373 e. The average molecular weight is 265 g/mol. The fraction of sp³-hybridized carbons (Fsp3) is 0.500. The lowest BCUT2D eigenvalue weighted by Crippen LogP contribution is -2.40. The Bertz CT molecular complexity index is 410. The third-order valence-electron chi connectivity index (χ3n) is 3.26. The van der Waals surface area contributed by atoms with Crippen molar-refractivity contribution in [3.05, 3.63) is 29.8 Å². The van der Waals surface area contributed by atoms with E-state index in [0.717, 1.165) is 29.9 Å². The summed E-state index contributed by atoms with van der Waals surface area (Å²) >= 11 is 4.22. The van der Waals surface area contributed by atoms with Crippen molar-refractivity contribution in [2.45, 2.75) is 36.7 Å². The fourth-order valence-corrected chi connectivity index (χ4v) is 2.27. The number of amides is 1. The van der Waals surface area contributed by atoms with E-state index in [4.69, 9.17) is 4.74 Å². The molecule has 3 nitrogen and oxygen atoms in total. The quantitative estimate of drug-likeness (QED) is 0.819. The number of thiol groups is 1. The van der Waals surface area contributed by atoms with Gasteiger partial charge in [-0.3, -0.25) is 4.79 Å². The van der Waals surface area contributed by atoms with Crippen LogP contribution in [0.3, 0.4) is 0 Å². The standard InChI is InChI=1S/C14H19NO2S/c1-14(7-2-8-17-14)10-15-13(16)9-11-3-5-12(18)6-4-11/h3-6,18H,2,7-10H2,1H3,(H,15,16). The topological polar surface area (TPSA) is 38.3 Å². The van der Waals surface area contributed by atoms with Crippen molar-refractivity contribution in [2.75, 3.05) is 13.2 Å². The summed E-state index contributed by atoms with van der Waals surface area (Å²) in [7, 11) is 0. The molecule has 98 valence electrons. The van der Waals surface area contributed by atoms with E-state index in [9.17, 15) is 4.79 Å². The first kappa shape index (κ1) is 13.4. The number of hydrogen-bond donors (Lipinski definition) is 2. The van der Waals surface area contributed by atoms with Gasteiger partial charge in [0.05, 0.1) is 12.0 Å². The second-order valence-corrected chi connectivity index (χ2v) is 5.54. The molecule has 18 heavy (non-hydrogen) atoms. The number of ether oxygens (including phenoxy) is 1. The van der Waals surface area contributed by atoms with E-state index in [1.807, 2.05) is 24.3 Å². The van der Waals surface area contributed by atoms with Gasteiger partial charge in [0.15, 0.2) is 0 Å². The number of rotatable bonds is 4. The molecule has 1 aromatic carbocycles. The van der Waals surface area contributed by atoms with Gasteiger partial charge in [-0.1, -0.05) is 12.1 Å². The molecule has 0 radical (unpaired) electrons. The minimum Gasteiger partial charge on any atom is -0.373 e. The monoisotopic (exact) mass is 265 g/mol. The van der Waals surface area contributed by atoms with Crippen molar-refractivity contribution >= 4 is 18.5 Å². The van der Waals surface area contributed by atoms with E-state index >= 15 is 0 Å². The van der Waals surface area contributed by atoms with Crippen LogP contribution in [0.4, 0.5) is 0 Å². The van der Waals surface area contributed by atoms with E-state index in [0.29, 0.717) is 13.0 Å².